The van der Waals surface area contributed by atoms with Crippen LogP contribution in [0.1, 0.15) is 17.5 Å². The fraction of sp³-hybridized carbons (Fsp3) is 0.211. The van der Waals surface area contributed by atoms with Crippen molar-refractivity contribution in [1.29, 1.82) is 0 Å². The maximum Gasteiger partial charge on any atom is 0.338 e. The molecule has 2 aromatic rings. The zero-order valence-electron chi connectivity index (χ0n) is 14.0. The Hall–Kier alpha value is -3.19. The maximum absolute atomic E-state index is 12.9. The van der Waals surface area contributed by atoms with Gasteiger partial charge in [-0.2, -0.15) is 0 Å². The summed E-state index contributed by atoms with van der Waals surface area (Å²) in [6.07, 6.45) is -1.21. The highest BCUT2D eigenvalue weighted by Gasteiger charge is 2.64. The van der Waals surface area contributed by atoms with E-state index in [1.165, 1.54) is 24.3 Å². The smallest absolute Gasteiger partial charge is 0.338 e. The molecule has 26 heavy (non-hydrogen) atoms. The molecule has 2 rings (SSSR count). The van der Waals surface area contributed by atoms with Gasteiger partial charge in [0.05, 0.1) is 13.5 Å². The lowest BCUT2D eigenvalue weighted by molar-refractivity contribution is -0.181. The molecular formula is C19H18O7. The highest BCUT2D eigenvalue weighted by Crippen LogP contribution is 2.45. The van der Waals surface area contributed by atoms with Crippen molar-refractivity contribution in [2.24, 2.45) is 0 Å². The maximum atomic E-state index is 12.9. The van der Waals surface area contributed by atoms with Crippen molar-refractivity contribution >= 4 is 17.9 Å². The number of esters is 1. The van der Waals surface area contributed by atoms with Gasteiger partial charge in [-0.05, 0) is 11.1 Å². The standard InChI is InChI=1S/C19H18O7/c1-26-17(24)19(13-8-4-2-5-9-13,14-10-6-3-7-11-14)18(25,16(22)23)12-15(20)21/h2-11,25H,12H2,1H3,(H,20,21)(H,22,23). The van der Waals surface area contributed by atoms with Crippen LogP contribution in [0.5, 0.6) is 0 Å². The van der Waals surface area contributed by atoms with Crippen LogP contribution < -0.4 is 0 Å². The van der Waals surface area contributed by atoms with E-state index in [0.717, 1.165) is 7.11 Å². The molecule has 0 aliphatic heterocycles. The summed E-state index contributed by atoms with van der Waals surface area (Å²) in [5.74, 6) is -4.51. The molecule has 3 N–H and O–H groups in total. The molecule has 0 heterocycles. The van der Waals surface area contributed by atoms with E-state index < -0.39 is 35.3 Å². The fourth-order valence-electron chi connectivity index (χ4n) is 3.17. The Kier molecular flexibility index (Phi) is 5.42. The number of carboxylic acid groups (broad SMARTS) is 2. The average molecular weight is 358 g/mol. The van der Waals surface area contributed by atoms with E-state index in [1.807, 2.05) is 0 Å². The Morgan fingerprint density at radius 3 is 1.62 bits per heavy atom. The normalized spacial score (nSPS) is 13.5. The topological polar surface area (TPSA) is 121 Å². The summed E-state index contributed by atoms with van der Waals surface area (Å²) in [6.45, 7) is 0. The minimum absolute atomic E-state index is 0.101. The van der Waals surface area contributed by atoms with Crippen molar-refractivity contribution < 1.29 is 34.4 Å². The summed E-state index contributed by atoms with van der Waals surface area (Å²) < 4.78 is 4.85. The second-order valence-electron chi connectivity index (χ2n) is 5.71. The zero-order chi connectivity index (χ0) is 19.4. The minimum atomic E-state index is -2.99. The summed E-state index contributed by atoms with van der Waals surface area (Å²) in [5, 5.41) is 30.1. The first-order chi connectivity index (χ1) is 12.3. The molecule has 0 aliphatic carbocycles. The van der Waals surface area contributed by atoms with Gasteiger partial charge in [-0.1, -0.05) is 60.7 Å². The van der Waals surface area contributed by atoms with Gasteiger partial charge in [0.1, 0.15) is 0 Å². The number of hydrogen-bond acceptors (Lipinski definition) is 5. The van der Waals surface area contributed by atoms with Crippen LogP contribution >= 0.6 is 0 Å². The van der Waals surface area contributed by atoms with Crippen LogP contribution in [-0.2, 0) is 24.5 Å². The number of aliphatic hydroxyl groups is 1. The van der Waals surface area contributed by atoms with Crippen LogP contribution in [-0.4, -0.2) is 45.9 Å². The van der Waals surface area contributed by atoms with Gasteiger partial charge < -0.3 is 20.1 Å². The summed E-state index contributed by atoms with van der Waals surface area (Å²) in [5.41, 5.74) is -5.07. The third-order valence-corrected chi connectivity index (χ3v) is 4.29. The number of benzene rings is 2. The van der Waals surface area contributed by atoms with Crippen molar-refractivity contribution in [1.82, 2.24) is 0 Å². The summed E-state index contributed by atoms with van der Waals surface area (Å²) >= 11 is 0. The Morgan fingerprint density at radius 2 is 1.31 bits per heavy atom. The van der Waals surface area contributed by atoms with Gasteiger partial charge in [0.2, 0.25) is 0 Å². The molecule has 0 saturated carbocycles. The van der Waals surface area contributed by atoms with Gasteiger partial charge in [0, 0.05) is 0 Å². The largest absolute Gasteiger partial charge is 0.481 e. The molecule has 7 nitrogen and oxygen atoms in total. The number of carbonyl (C=O) groups excluding carboxylic acids is 1. The van der Waals surface area contributed by atoms with Crippen LogP contribution in [0.3, 0.4) is 0 Å². The third-order valence-electron chi connectivity index (χ3n) is 4.29. The molecule has 1 atom stereocenters. The highest BCUT2D eigenvalue weighted by atomic mass is 16.5. The van der Waals surface area contributed by atoms with Crippen LogP contribution in [0.4, 0.5) is 0 Å². The molecule has 0 spiro atoms. The summed E-state index contributed by atoms with van der Waals surface area (Å²) in [6, 6.07) is 15.3. The molecule has 0 fully saturated rings. The molecule has 0 aromatic heterocycles. The highest BCUT2D eigenvalue weighted by molar-refractivity contribution is 5.99. The van der Waals surface area contributed by atoms with E-state index >= 15 is 0 Å². The van der Waals surface area contributed by atoms with Crippen LogP contribution in [0.2, 0.25) is 0 Å². The summed E-state index contributed by atoms with van der Waals surface area (Å²) in [4.78, 5) is 36.3. The molecular weight excluding hydrogens is 340 g/mol. The SMILES string of the molecule is COC(=O)C(c1ccccc1)(c1ccccc1)C(O)(CC(=O)O)C(=O)O. The van der Waals surface area contributed by atoms with Crippen LogP contribution in [0.15, 0.2) is 60.7 Å². The molecule has 0 bridgehead atoms. The Morgan fingerprint density at radius 1 is 0.885 bits per heavy atom. The van der Waals surface area contributed by atoms with E-state index in [2.05, 4.69) is 0 Å². The predicted octanol–water partition coefficient (Wildman–Crippen LogP) is 1.44. The number of aliphatic carboxylic acids is 2. The Bertz CT molecular complexity index is 762. The molecule has 0 amide bonds. The number of rotatable bonds is 7. The Labute approximate surface area is 149 Å². The molecule has 1 unspecified atom stereocenters. The number of methoxy groups -OCH3 is 1. The van der Waals surface area contributed by atoms with Crippen molar-refractivity contribution in [2.45, 2.75) is 17.4 Å². The molecule has 0 radical (unpaired) electrons. The molecule has 2 aromatic carbocycles. The van der Waals surface area contributed by atoms with E-state index in [1.54, 1.807) is 36.4 Å². The van der Waals surface area contributed by atoms with Gasteiger partial charge in [-0.25, -0.2) is 4.79 Å². The minimum Gasteiger partial charge on any atom is -0.481 e. The Balaban J connectivity index is 2.98. The van der Waals surface area contributed by atoms with E-state index in [4.69, 9.17) is 4.74 Å². The average Bonchev–Trinajstić information content (AvgIpc) is 2.63. The second kappa shape index (κ2) is 7.37. The lowest BCUT2D eigenvalue weighted by atomic mass is 9.61. The lowest BCUT2D eigenvalue weighted by Crippen LogP contribution is -2.63. The van der Waals surface area contributed by atoms with E-state index in [9.17, 15) is 29.7 Å². The van der Waals surface area contributed by atoms with Crippen molar-refractivity contribution in [3.8, 4) is 0 Å². The van der Waals surface area contributed by atoms with E-state index in [0.29, 0.717) is 0 Å². The monoisotopic (exact) mass is 358 g/mol. The number of carbonyl (C=O) groups is 3. The number of hydrogen-bond donors (Lipinski definition) is 3. The first-order valence-corrected chi connectivity index (χ1v) is 7.67. The van der Waals surface area contributed by atoms with Gasteiger partial charge in [0.25, 0.3) is 0 Å². The molecule has 7 heteroatoms. The first kappa shape index (κ1) is 19.1. The number of carboxylic acids is 2. The predicted molar refractivity (Wildman–Crippen MR) is 90.5 cm³/mol. The zero-order valence-corrected chi connectivity index (χ0v) is 14.0. The van der Waals surface area contributed by atoms with E-state index in [-0.39, 0.29) is 11.1 Å². The van der Waals surface area contributed by atoms with Crippen molar-refractivity contribution in [3.05, 3.63) is 71.8 Å². The number of ether oxygens (including phenoxy) is 1. The second-order valence-corrected chi connectivity index (χ2v) is 5.71. The van der Waals surface area contributed by atoms with Gasteiger partial charge in [0.15, 0.2) is 11.0 Å². The van der Waals surface area contributed by atoms with Gasteiger partial charge in [-0.15, -0.1) is 0 Å². The van der Waals surface area contributed by atoms with Crippen LogP contribution in [0, 0.1) is 0 Å². The first-order valence-electron chi connectivity index (χ1n) is 7.67. The van der Waals surface area contributed by atoms with Crippen LogP contribution in [0.25, 0.3) is 0 Å². The van der Waals surface area contributed by atoms with Crippen molar-refractivity contribution in [3.63, 3.8) is 0 Å². The quantitative estimate of drug-likeness (QED) is 0.640. The van der Waals surface area contributed by atoms with Gasteiger partial charge >= 0.3 is 17.9 Å². The van der Waals surface area contributed by atoms with Gasteiger partial charge in [-0.3, -0.25) is 9.59 Å². The lowest BCUT2D eigenvalue weighted by Gasteiger charge is -2.42. The summed E-state index contributed by atoms with van der Waals surface area (Å²) in [7, 11) is 1.05. The molecule has 136 valence electrons. The van der Waals surface area contributed by atoms with Crippen molar-refractivity contribution in [2.75, 3.05) is 7.11 Å². The molecule has 0 aliphatic rings. The molecule has 0 saturated heterocycles. The fourth-order valence-corrected chi connectivity index (χ4v) is 3.17. The third kappa shape index (κ3) is 2.93.